The van der Waals surface area contributed by atoms with E-state index in [1.807, 2.05) is 0 Å². The van der Waals surface area contributed by atoms with Crippen LogP contribution in [0.5, 0.6) is 5.75 Å². The number of rotatable bonds is 8. The lowest BCUT2D eigenvalue weighted by Crippen LogP contribution is -2.55. The van der Waals surface area contributed by atoms with Gasteiger partial charge in [0.15, 0.2) is 0 Å². The molecular formula is C20H28F2N6O2. The Kier molecular flexibility index (Phi) is 7.22. The van der Waals surface area contributed by atoms with Crippen LogP contribution in [0.1, 0.15) is 25.7 Å². The number of likely N-dealkylation sites (tertiary alicyclic amines) is 1. The third kappa shape index (κ3) is 5.67. The molecule has 1 heterocycles. The molecule has 1 aliphatic carbocycles. The van der Waals surface area contributed by atoms with Gasteiger partial charge in [-0.15, -0.1) is 0 Å². The van der Waals surface area contributed by atoms with Crippen molar-refractivity contribution in [1.29, 1.82) is 0 Å². The molecule has 30 heavy (non-hydrogen) atoms. The first-order valence-electron chi connectivity index (χ1n) is 9.98. The molecule has 0 spiro atoms. The molecule has 1 saturated carbocycles. The van der Waals surface area contributed by atoms with Gasteiger partial charge in [-0.25, -0.2) is 4.99 Å². The lowest BCUT2D eigenvalue weighted by atomic mass is 9.85. The summed E-state index contributed by atoms with van der Waals surface area (Å²) in [5, 5.41) is 3.18. The molecule has 10 heteroatoms. The van der Waals surface area contributed by atoms with Crippen LogP contribution in [-0.2, 0) is 4.79 Å². The Morgan fingerprint density at radius 3 is 2.47 bits per heavy atom. The highest BCUT2D eigenvalue weighted by atomic mass is 19.3. The van der Waals surface area contributed by atoms with E-state index in [2.05, 4.69) is 19.9 Å². The van der Waals surface area contributed by atoms with Gasteiger partial charge in [0.05, 0.1) is 11.3 Å². The maximum Gasteiger partial charge on any atom is 0.387 e. The fourth-order valence-corrected chi connectivity index (χ4v) is 3.79. The van der Waals surface area contributed by atoms with E-state index in [9.17, 15) is 13.6 Å². The number of halogens is 2. The minimum Gasteiger partial charge on any atom is -0.435 e. The maximum absolute atomic E-state index is 12.2. The summed E-state index contributed by atoms with van der Waals surface area (Å²) in [6.45, 7) is -0.625. The SMILES string of the molecule is NC(=O)/C(=C/N[C@H]1CC[C@H](N2CCC2)C[C@@H]1N)C(N)=Nc1ccc(OC(F)F)cc1. The van der Waals surface area contributed by atoms with Crippen molar-refractivity contribution in [2.75, 3.05) is 13.1 Å². The average Bonchev–Trinajstić information content (AvgIpc) is 2.63. The maximum atomic E-state index is 12.2. The quantitative estimate of drug-likeness (QED) is 0.283. The predicted molar refractivity (Wildman–Crippen MR) is 110 cm³/mol. The zero-order valence-corrected chi connectivity index (χ0v) is 16.6. The van der Waals surface area contributed by atoms with Crippen molar-refractivity contribution in [2.45, 2.75) is 50.4 Å². The summed E-state index contributed by atoms with van der Waals surface area (Å²) in [5.41, 5.74) is 18.1. The number of aliphatic imine (C=N–C) groups is 1. The Hall–Kier alpha value is -2.72. The van der Waals surface area contributed by atoms with E-state index in [1.54, 1.807) is 0 Å². The van der Waals surface area contributed by atoms with Crippen molar-refractivity contribution < 1.29 is 18.3 Å². The Balaban J connectivity index is 1.63. The van der Waals surface area contributed by atoms with Gasteiger partial charge in [0.25, 0.3) is 5.91 Å². The Morgan fingerprint density at radius 1 is 1.23 bits per heavy atom. The Bertz CT molecular complexity index is 795. The molecule has 1 aromatic carbocycles. The predicted octanol–water partition coefficient (Wildman–Crippen LogP) is 1.19. The van der Waals surface area contributed by atoms with Crippen LogP contribution in [-0.4, -0.2) is 54.5 Å². The van der Waals surface area contributed by atoms with E-state index in [-0.39, 0.29) is 29.2 Å². The molecule has 7 N–H and O–H groups in total. The van der Waals surface area contributed by atoms with Crippen molar-refractivity contribution in [2.24, 2.45) is 22.2 Å². The average molecular weight is 422 g/mol. The van der Waals surface area contributed by atoms with Gasteiger partial charge >= 0.3 is 6.61 Å². The number of amides is 1. The summed E-state index contributed by atoms with van der Waals surface area (Å²) < 4.78 is 28.7. The monoisotopic (exact) mass is 422 g/mol. The number of alkyl halides is 2. The zero-order chi connectivity index (χ0) is 21.7. The van der Waals surface area contributed by atoms with Crippen molar-refractivity contribution in [3.8, 4) is 5.75 Å². The highest BCUT2D eigenvalue weighted by Crippen LogP contribution is 2.26. The largest absolute Gasteiger partial charge is 0.435 e. The molecular weight excluding hydrogens is 394 g/mol. The van der Waals surface area contributed by atoms with Crippen molar-refractivity contribution in [3.05, 3.63) is 36.0 Å². The number of nitrogens with two attached hydrogens (primary N) is 3. The molecule has 1 saturated heterocycles. The zero-order valence-electron chi connectivity index (χ0n) is 16.6. The van der Waals surface area contributed by atoms with Gasteiger partial charge in [-0.3, -0.25) is 4.79 Å². The van der Waals surface area contributed by atoms with Crippen LogP contribution in [0, 0.1) is 0 Å². The van der Waals surface area contributed by atoms with Crippen LogP contribution in [0.15, 0.2) is 41.0 Å². The first-order valence-corrected chi connectivity index (χ1v) is 9.98. The molecule has 1 amide bonds. The summed E-state index contributed by atoms with van der Waals surface area (Å²) in [5.74, 6) is -0.817. The summed E-state index contributed by atoms with van der Waals surface area (Å²) in [7, 11) is 0. The Labute approximate surface area is 174 Å². The third-order valence-corrected chi connectivity index (χ3v) is 5.57. The molecule has 0 unspecified atom stereocenters. The minimum absolute atomic E-state index is 0.00216. The number of primary amides is 1. The summed E-state index contributed by atoms with van der Waals surface area (Å²) in [6, 6.07) is 6.05. The second-order valence-corrected chi connectivity index (χ2v) is 7.59. The number of carbonyl (C=O) groups excluding carboxylic acids is 1. The van der Waals surface area contributed by atoms with Gasteiger partial charge in [0.1, 0.15) is 11.6 Å². The van der Waals surface area contributed by atoms with E-state index in [0.717, 1.165) is 32.4 Å². The lowest BCUT2D eigenvalue weighted by Gasteiger charge is -2.44. The van der Waals surface area contributed by atoms with Crippen LogP contribution in [0.4, 0.5) is 14.5 Å². The van der Waals surface area contributed by atoms with Crippen LogP contribution < -0.4 is 27.3 Å². The normalized spacial score (nSPS) is 25.7. The lowest BCUT2D eigenvalue weighted by molar-refractivity contribution is -0.114. The molecule has 1 aliphatic heterocycles. The standard InChI is InChI=1S/C20H28F2N6O2/c21-20(22)30-14-5-2-12(3-6-14)27-18(24)15(19(25)29)11-26-17-7-4-13(10-16(17)23)28-8-1-9-28/h2-3,5-6,11,13,16-17,20,26H,1,4,7-10,23H2,(H2,24,27)(H2,25,29)/b15-11+/t13-,16-,17-/m0/s1. The number of nitrogens with zero attached hydrogens (tertiary/aromatic N) is 2. The summed E-state index contributed by atoms with van der Waals surface area (Å²) in [4.78, 5) is 18.5. The Morgan fingerprint density at radius 2 is 1.93 bits per heavy atom. The molecule has 1 aromatic rings. The second kappa shape index (κ2) is 9.86. The third-order valence-electron chi connectivity index (χ3n) is 5.57. The smallest absolute Gasteiger partial charge is 0.387 e. The number of hydrogen-bond acceptors (Lipinski definition) is 6. The molecule has 164 valence electrons. The second-order valence-electron chi connectivity index (χ2n) is 7.59. The van der Waals surface area contributed by atoms with E-state index in [0.29, 0.717) is 11.7 Å². The van der Waals surface area contributed by atoms with Gasteiger partial charge in [-0.2, -0.15) is 8.78 Å². The number of benzene rings is 1. The van der Waals surface area contributed by atoms with Crippen molar-refractivity contribution in [1.82, 2.24) is 10.2 Å². The molecule has 0 bridgehead atoms. The highest BCUT2D eigenvalue weighted by molar-refractivity contribution is 6.20. The van der Waals surface area contributed by atoms with Crippen molar-refractivity contribution >= 4 is 17.4 Å². The van der Waals surface area contributed by atoms with Gasteiger partial charge in [0, 0.05) is 24.3 Å². The minimum atomic E-state index is -2.91. The molecule has 0 radical (unpaired) electrons. The fraction of sp³-hybridized carbons (Fsp3) is 0.500. The van der Waals surface area contributed by atoms with Crippen LogP contribution in [0.3, 0.4) is 0 Å². The molecule has 2 fully saturated rings. The van der Waals surface area contributed by atoms with Gasteiger partial charge < -0.3 is 32.2 Å². The molecule has 3 rings (SSSR count). The van der Waals surface area contributed by atoms with Crippen LogP contribution >= 0.6 is 0 Å². The fourth-order valence-electron chi connectivity index (χ4n) is 3.79. The van der Waals surface area contributed by atoms with Gasteiger partial charge in [0.2, 0.25) is 0 Å². The van der Waals surface area contributed by atoms with E-state index >= 15 is 0 Å². The molecule has 2 aliphatic rings. The number of carbonyl (C=O) groups is 1. The number of ether oxygens (including phenoxy) is 1. The topological polar surface area (TPSA) is 132 Å². The van der Waals surface area contributed by atoms with Gasteiger partial charge in [-0.05, 0) is 63.0 Å². The summed E-state index contributed by atoms with van der Waals surface area (Å²) >= 11 is 0. The first kappa shape index (κ1) is 22.0. The first-order chi connectivity index (χ1) is 14.3. The van der Waals surface area contributed by atoms with Crippen LogP contribution in [0.2, 0.25) is 0 Å². The van der Waals surface area contributed by atoms with Crippen molar-refractivity contribution in [3.63, 3.8) is 0 Å². The van der Waals surface area contributed by atoms with E-state index in [4.69, 9.17) is 17.2 Å². The number of nitrogens with one attached hydrogen (secondary N) is 1. The molecule has 8 nitrogen and oxygen atoms in total. The molecule has 0 aromatic heterocycles. The summed E-state index contributed by atoms with van der Waals surface area (Å²) in [6.07, 6.45) is 5.53. The van der Waals surface area contributed by atoms with Gasteiger partial charge in [-0.1, -0.05) is 0 Å². The molecule has 3 atom stereocenters. The number of amidine groups is 1. The van der Waals surface area contributed by atoms with Crippen LogP contribution in [0.25, 0.3) is 0 Å². The highest BCUT2D eigenvalue weighted by Gasteiger charge is 2.33. The van der Waals surface area contributed by atoms with E-state index < -0.39 is 12.5 Å². The van der Waals surface area contributed by atoms with E-state index in [1.165, 1.54) is 36.9 Å². The number of hydrogen-bond donors (Lipinski definition) is 4.